The highest BCUT2D eigenvalue weighted by molar-refractivity contribution is 7.16. The van der Waals surface area contributed by atoms with Crippen LogP contribution in [-0.4, -0.2) is 24.9 Å². The maximum Gasteiger partial charge on any atom is 0.0970 e. The van der Waals surface area contributed by atoms with Crippen LogP contribution in [0.5, 0.6) is 0 Å². The van der Waals surface area contributed by atoms with Crippen LogP contribution >= 0.6 is 11.3 Å². The standard InChI is InChI=1S/C45H46N2.C40H43NS.C37H42N2/c1-45(2)41-21-13-12-19-37(41)38-23-22-32(30-42(38)45)35-26-34(31-16-10-8-6-4-3-5-7-9-11-17-31)27-36(28-35)40-29-33-18-14-24-46-43(33)44-39(40)20-15-25-47-44;1-40(2)36-17-13-12-16-34(36)35-20-18-29(25-37(35)40)32-22-31(28-14-10-8-6-4-3-5-7-9-11-15-28)23-33(24-32)30-19-21-39-38(26-30)41-27-42-39;1-37(2)34-17-13-12-16-32(34)33-19-18-28(25-35(33)37)30-22-29(23-31(24-30)36-26-38-20-21-39-36)27-14-10-8-6-4-3-5-7-9-11-15-27/h12-15,18-31H,3-11,16-17H2,1-2H3;12-13,16-28H,3-11,14-15H2,1-2H3;12-13,16-27H,3-11,14-15H2,1-2H3. The van der Waals surface area contributed by atoms with Crippen molar-refractivity contribution in [3.63, 3.8) is 0 Å². The zero-order valence-corrected chi connectivity index (χ0v) is 77.9. The first-order valence-corrected chi connectivity index (χ1v) is 50.6. The molecule has 128 heavy (non-hydrogen) atoms. The van der Waals surface area contributed by atoms with Gasteiger partial charge in [-0.15, -0.1) is 11.3 Å². The lowest BCUT2D eigenvalue weighted by Crippen LogP contribution is -2.14. The van der Waals surface area contributed by atoms with Gasteiger partial charge in [0.15, 0.2) is 0 Å². The summed E-state index contributed by atoms with van der Waals surface area (Å²) in [6.07, 6.45) is 54.3. The molecule has 0 saturated heterocycles. The second-order valence-corrected chi connectivity index (χ2v) is 41.1. The van der Waals surface area contributed by atoms with Crippen molar-refractivity contribution in [1.29, 1.82) is 0 Å². The molecule has 0 radical (unpaired) electrons. The van der Waals surface area contributed by atoms with E-state index in [4.69, 9.17) is 15.0 Å². The first kappa shape index (κ1) is 86.6. The van der Waals surface area contributed by atoms with Crippen LogP contribution in [0.4, 0.5) is 0 Å². The molecule has 0 spiro atoms. The Bertz CT molecular complexity index is 6380. The average Bonchev–Trinajstić information content (AvgIpc) is 1.51. The van der Waals surface area contributed by atoms with Crippen molar-refractivity contribution in [1.82, 2.24) is 24.9 Å². The summed E-state index contributed by atoms with van der Waals surface area (Å²) in [5.41, 5.74) is 41.6. The Hall–Kier alpha value is -10.8. The highest BCUT2D eigenvalue weighted by Crippen LogP contribution is 2.54. The van der Waals surface area contributed by atoms with Gasteiger partial charge in [-0.25, -0.2) is 4.98 Å². The fourth-order valence-electron chi connectivity index (χ4n) is 23.3. The number of pyridine rings is 2. The number of aromatic nitrogens is 5. The molecule has 4 aromatic heterocycles. The van der Waals surface area contributed by atoms with Crippen molar-refractivity contribution < 1.29 is 0 Å². The van der Waals surface area contributed by atoms with E-state index in [-0.39, 0.29) is 16.2 Å². The molecule has 3 fully saturated rings. The van der Waals surface area contributed by atoms with E-state index in [0.29, 0.717) is 17.8 Å². The fraction of sp³-hybridized carbons (Fsp3) is 0.369. The molecular weight excluding hydrogens is 1570 g/mol. The van der Waals surface area contributed by atoms with Crippen LogP contribution in [0.1, 0.15) is 321 Å². The molecular formula is C122H131N5S. The summed E-state index contributed by atoms with van der Waals surface area (Å²) in [6.45, 7) is 14.3. The molecule has 6 aliphatic carbocycles. The maximum atomic E-state index is 4.86. The molecule has 0 amide bonds. The molecule has 4 heterocycles. The molecule has 5 nitrogen and oxygen atoms in total. The predicted octanol–water partition coefficient (Wildman–Crippen LogP) is 35.6. The number of fused-ring (bicyclic) bond motifs is 13. The van der Waals surface area contributed by atoms with Gasteiger partial charge in [-0.1, -0.05) is 373 Å². The summed E-state index contributed by atoms with van der Waals surface area (Å²) in [6, 6.07) is 88.4. The van der Waals surface area contributed by atoms with E-state index in [1.54, 1.807) is 17.5 Å². The predicted molar refractivity (Wildman–Crippen MR) is 545 cm³/mol. The van der Waals surface area contributed by atoms with Crippen LogP contribution in [-0.2, 0) is 16.2 Å². The molecule has 0 unspecified atom stereocenters. The van der Waals surface area contributed by atoms with Gasteiger partial charge in [0, 0.05) is 57.4 Å². The van der Waals surface area contributed by atoms with E-state index in [2.05, 4.69) is 276 Å². The molecule has 0 aliphatic heterocycles. The molecule has 6 aliphatic rings. The van der Waals surface area contributed by atoms with E-state index >= 15 is 0 Å². The van der Waals surface area contributed by atoms with Gasteiger partial charge in [0.2, 0.25) is 0 Å². The van der Waals surface area contributed by atoms with E-state index in [0.717, 1.165) is 27.6 Å². The smallest absolute Gasteiger partial charge is 0.0970 e. The Kier molecular flexibility index (Phi) is 26.6. The number of rotatable bonds is 9. The number of benzene rings is 11. The Morgan fingerprint density at radius 3 is 1.02 bits per heavy atom. The lowest BCUT2D eigenvalue weighted by atomic mass is 9.81. The lowest BCUT2D eigenvalue weighted by Gasteiger charge is -2.23. The molecule has 6 heteroatoms. The van der Waals surface area contributed by atoms with Crippen LogP contribution in [0.15, 0.2) is 267 Å². The van der Waals surface area contributed by atoms with Crippen molar-refractivity contribution in [2.75, 3.05) is 0 Å². The molecule has 3 saturated carbocycles. The van der Waals surface area contributed by atoms with Crippen molar-refractivity contribution in [3.8, 4) is 100 Å². The molecule has 15 aromatic rings. The normalized spacial score (nSPS) is 17.6. The third-order valence-electron chi connectivity index (χ3n) is 30.6. The third kappa shape index (κ3) is 18.6. The summed E-state index contributed by atoms with van der Waals surface area (Å²) in [4.78, 5) is 23.4. The Morgan fingerprint density at radius 2 is 0.602 bits per heavy atom. The largest absolute Gasteiger partial charge is 0.261 e. The minimum Gasteiger partial charge on any atom is -0.261 e. The van der Waals surface area contributed by atoms with Crippen molar-refractivity contribution in [2.45, 2.75) is 287 Å². The molecule has 11 aromatic carbocycles. The van der Waals surface area contributed by atoms with Gasteiger partial charge >= 0.3 is 0 Å². The second kappa shape index (κ2) is 39.3. The number of nitrogens with zero attached hydrogens (tertiary/aromatic N) is 5. The van der Waals surface area contributed by atoms with Crippen LogP contribution in [0.3, 0.4) is 0 Å². The summed E-state index contributed by atoms with van der Waals surface area (Å²) in [5.74, 6) is 1.81. The van der Waals surface area contributed by atoms with Crippen molar-refractivity contribution in [3.05, 3.63) is 317 Å². The van der Waals surface area contributed by atoms with Crippen molar-refractivity contribution in [2.24, 2.45) is 0 Å². The van der Waals surface area contributed by atoms with Gasteiger partial charge in [-0.2, -0.15) is 0 Å². The molecule has 21 rings (SSSR count). The Morgan fingerprint density at radius 1 is 0.250 bits per heavy atom. The zero-order valence-electron chi connectivity index (χ0n) is 77.1. The highest BCUT2D eigenvalue weighted by Gasteiger charge is 2.39. The third-order valence-corrected chi connectivity index (χ3v) is 31.5. The fourth-order valence-corrected chi connectivity index (χ4v) is 23.9. The van der Waals surface area contributed by atoms with E-state index < -0.39 is 0 Å². The number of hydrogen-bond donors (Lipinski definition) is 0. The monoisotopic (exact) mass is 1700 g/mol. The Labute approximate surface area is 767 Å². The lowest BCUT2D eigenvalue weighted by molar-refractivity contribution is 0.467. The maximum absolute atomic E-state index is 4.86. The SMILES string of the molecule is CC1(C)c2ccccc2-c2ccc(-c3cc(-c4cc5cccnc5c5ncccc45)cc(C4CCCCCCCCCCC4)c3)cc21.CC1(C)c2ccccc2-c2ccc(-c3cc(-c4ccc5scnc5c4)cc(C4CCCCCCCCCCC4)c3)cc21.CC1(C)c2ccccc2-c2ccc(-c3cc(-c4cnccn4)cc(C4CCCCCCCCCCC4)c3)cc21. The molecule has 0 N–H and O–H groups in total. The van der Waals surface area contributed by atoms with Gasteiger partial charge in [0.1, 0.15) is 0 Å². The molecule has 650 valence electrons. The first-order valence-electron chi connectivity index (χ1n) is 49.7. The molecule has 0 atom stereocenters. The van der Waals surface area contributed by atoms with Gasteiger partial charge in [0.05, 0.1) is 38.7 Å². The average molecular weight is 1700 g/mol. The second-order valence-electron chi connectivity index (χ2n) is 40.2. The van der Waals surface area contributed by atoms with Crippen LogP contribution in [0, 0.1) is 0 Å². The van der Waals surface area contributed by atoms with Gasteiger partial charge in [0.25, 0.3) is 0 Å². The van der Waals surface area contributed by atoms with Gasteiger partial charge in [-0.3, -0.25) is 19.9 Å². The van der Waals surface area contributed by atoms with Gasteiger partial charge < -0.3 is 0 Å². The van der Waals surface area contributed by atoms with E-state index in [1.807, 2.05) is 36.4 Å². The Balaban J connectivity index is 0.000000126. The number of hydrogen-bond acceptors (Lipinski definition) is 6. The quantitative estimate of drug-likeness (QED) is 0.135. The van der Waals surface area contributed by atoms with Crippen LogP contribution in [0.2, 0.25) is 0 Å². The minimum atomic E-state index is -0.0247. The summed E-state index contributed by atoms with van der Waals surface area (Å²) >= 11 is 1.72. The summed E-state index contributed by atoms with van der Waals surface area (Å²) < 4.78 is 1.26. The molecule has 0 bridgehead atoms. The zero-order chi connectivity index (χ0) is 87.0. The van der Waals surface area contributed by atoms with Crippen LogP contribution in [0.25, 0.3) is 132 Å². The van der Waals surface area contributed by atoms with E-state index in [9.17, 15) is 0 Å². The first-order chi connectivity index (χ1) is 62.8. The summed E-state index contributed by atoms with van der Waals surface area (Å²) in [5, 5.41) is 2.31. The topological polar surface area (TPSA) is 64.5 Å². The minimum absolute atomic E-state index is 0.000795. The van der Waals surface area contributed by atoms with Crippen LogP contribution < -0.4 is 0 Å². The van der Waals surface area contributed by atoms with Crippen molar-refractivity contribution >= 4 is 43.4 Å². The van der Waals surface area contributed by atoms with Gasteiger partial charge in [-0.05, 0) is 268 Å². The highest BCUT2D eigenvalue weighted by atomic mass is 32.1. The van der Waals surface area contributed by atoms with E-state index in [1.165, 1.54) is 367 Å². The summed E-state index contributed by atoms with van der Waals surface area (Å²) in [7, 11) is 0. The number of thiazole rings is 1.